The van der Waals surface area contributed by atoms with Crippen molar-refractivity contribution in [1.82, 2.24) is 14.3 Å². The Kier molecular flexibility index (Phi) is 1.94. The van der Waals surface area contributed by atoms with Crippen LogP contribution >= 0.6 is 11.5 Å². The molecule has 66 valence electrons. The van der Waals surface area contributed by atoms with Gasteiger partial charge in [-0.1, -0.05) is 0 Å². The van der Waals surface area contributed by atoms with Crippen molar-refractivity contribution in [3.05, 3.63) is 23.5 Å². The molecule has 0 amide bonds. The van der Waals surface area contributed by atoms with Gasteiger partial charge < -0.3 is 5.73 Å². The van der Waals surface area contributed by atoms with Crippen molar-refractivity contribution < 1.29 is 0 Å². The zero-order valence-corrected chi connectivity index (χ0v) is 7.88. The monoisotopic (exact) mass is 192 g/mol. The molecule has 13 heavy (non-hydrogen) atoms. The van der Waals surface area contributed by atoms with Crippen LogP contribution in [0.1, 0.15) is 4.88 Å². The van der Waals surface area contributed by atoms with Gasteiger partial charge in [-0.05, 0) is 24.5 Å². The maximum atomic E-state index is 5.70. The van der Waals surface area contributed by atoms with Crippen molar-refractivity contribution in [3.63, 3.8) is 0 Å². The Morgan fingerprint density at radius 3 is 2.92 bits per heavy atom. The molecule has 0 fully saturated rings. The minimum atomic E-state index is 0.563. The quantitative estimate of drug-likeness (QED) is 0.743. The van der Waals surface area contributed by atoms with Gasteiger partial charge in [0.2, 0.25) is 0 Å². The van der Waals surface area contributed by atoms with Crippen molar-refractivity contribution in [3.8, 4) is 11.4 Å². The maximum absolute atomic E-state index is 5.70. The van der Waals surface area contributed by atoms with Gasteiger partial charge in [0.25, 0.3) is 0 Å². The average Bonchev–Trinajstić information content (AvgIpc) is 2.53. The molecule has 2 aromatic rings. The van der Waals surface area contributed by atoms with E-state index in [1.807, 2.05) is 13.0 Å². The lowest BCUT2D eigenvalue weighted by atomic mass is 10.2. The summed E-state index contributed by atoms with van der Waals surface area (Å²) in [7, 11) is 0. The fourth-order valence-electron chi connectivity index (χ4n) is 1.03. The molecule has 0 saturated heterocycles. The molecule has 0 saturated carbocycles. The van der Waals surface area contributed by atoms with Gasteiger partial charge in [-0.3, -0.25) is 0 Å². The molecule has 2 aromatic heterocycles. The van der Waals surface area contributed by atoms with Crippen LogP contribution in [0.2, 0.25) is 0 Å². The number of anilines is 1. The van der Waals surface area contributed by atoms with Gasteiger partial charge in [-0.25, -0.2) is 9.97 Å². The molecule has 0 spiro atoms. The van der Waals surface area contributed by atoms with E-state index in [0.717, 1.165) is 10.6 Å². The Morgan fingerprint density at radius 2 is 2.31 bits per heavy atom. The van der Waals surface area contributed by atoms with Gasteiger partial charge >= 0.3 is 0 Å². The molecule has 4 nitrogen and oxygen atoms in total. The van der Waals surface area contributed by atoms with E-state index in [4.69, 9.17) is 5.73 Å². The summed E-state index contributed by atoms with van der Waals surface area (Å²) in [6.07, 6.45) is 3.05. The number of nitrogens with zero attached hydrogens (tertiary/aromatic N) is 3. The summed E-state index contributed by atoms with van der Waals surface area (Å²) < 4.78 is 4.22. The molecule has 0 aromatic carbocycles. The van der Waals surface area contributed by atoms with Crippen LogP contribution in [-0.2, 0) is 0 Å². The highest BCUT2D eigenvalue weighted by Gasteiger charge is 2.06. The van der Waals surface area contributed by atoms with Crippen LogP contribution in [0.3, 0.4) is 0 Å². The molecule has 0 aliphatic carbocycles. The molecule has 0 unspecified atom stereocenters. The Hall–Kier alpha value is -1.49. The third kappa shape index (κ3) is 1.50. The smallest absolute Gasteiger partial charge is 0.116 e. The number of aryl methyl sites for hydroxylation is 1. The molecular formula is C8H8N4S. The molecule has 0 aliphatic rings. The maximum Gasteiger partial charge on any atom is 0.116 e. The first-order chi connectivity index (χ1) is 6.27. The van der Waals surface area contributed by atoms with E-state index in [1.54, 1.807) is 6.20 Å². The topological polar surface area (TPSA) is 64.7 Å². The fraction of sp³-hybridized carbons (Fsp3) is 0.125. The Bertz CT molecular complexity index is 424. The van der Waals surface area contributed by atoms with Crippen molar-refractivity contribution in [1.29, 1.82) is 0 Å². The Labute approximate surface area is 79.6 Å². The van der Waals surface area contributed by atoms with Gasteiger partial charge in [-0.2, -0.15) is 4.37 Å². The van der Waals surface area contributed by atoms with Crippen molar-refractivity contribution in [2.75, 3.05) is 5.73 Å². The lowest BCUT2D eigenvalue weighted by molar-refractivity contribution is 1.17. The number of nitrogen functional groups attached to an aromatic ring is 1. The minimum Gasteiger partial charge on any atom is -0.396 e. The Morgan fingerprint density at radius 1 is 1.46 bits per heavy atom. The van der Waals surface area contributed by atoms with Crippen LogP contribution in [0.5, 0.6) is 0 Å². The zero-order chi connectivity index (χ0) is 9.26. The van der Waals surface area contributed by atoms with Gasteiger partial charge in [0.05, 0.1) is 11.9 Å². The van der Waals surface area contributed by atoms with Crippen LogP contribution in [0, 0.1) is 6.92 Å². The normalized spacial score (nSPS) is 10.2. The molecular weight excluding hydrogens is 184 g/mol. The largest absolute Gasteiger partial charge is 0.396 e. The van der Waals surface area contributed by atoms with Crippen molar-refractivity contribution >= 4 is 17.2 Å². The van der Waals surface area contributed by atoms with Gasteiger partial charge in [0.15, 0.2) is 0 Å². The van der Waals surface area contributed by atoms with Crippen molar-refractivity contribution in [2.24, 2.45) is 0 Å². The molecule has 2 rings (SSSR count). The summed E-state index contributed by atoms with van der Waals surface area (Å²) >= 11 is 1.44. The number of hydrogen-bond acceptors (Lipinski definition) is 5. The van der Waals surface area contributed by atoms with E-state index in [2.05, 4.69) is 14.3 Å². The number of hydrogen-bond donors (Lipinski definition) is 1. The number of nitrogens with two attached hydrogens (primary N) is 1. The first kappa shape index (κ1) is 8.12. The highest BCUT2D eigenvalue weighted by Crippen LogP contribution is 2.23. The van der Waals surface area contributed by atoms with E-state index < -0.39 is 0 Å². The molecule has 0 bridgehead atoms. The molecule has 0 aliphatic heterocycles. The first-order valence-corrected chi connectivity index (χ1v) is 4.54. The van der Waals surface area contributed by atoms with Gasteiger partial charge in [0, 0.05) is 4.88 Å². The van der Waals surface area contributed by atoms with Crippen LogP contribution in [0.4, 0.5) is 5.69 Å². The van der Waals surface area contributed by atoms with Crippen LogP contribution in [0.25, 0.3) is 11.4 Å². The second kappa shape index (κ2) is 3.10. The second-order valence-corrected chi connectivity index (χ2v) is 3.66. The van der Waals surface area contributed by atoms with Gasteiger partial charge in [-0.15, -0.1) is 0 Å². The highest BCUT2D eigenvalue weighted by molar-refractivity contribution is 7.05. The van der Waals surface area contributed by atoms with Crippen LogP contribution < -0.4 is 5.73 Å². The average molecular weight is 192 g/mol. The second-order valence-electron chi connectivity index (χ2n) is 2.65. The van der Waals surface area contributed by atoms with Crippen LogP contribution in [0.15, 0.2) is 18.6 Å². The van der Waals surface area contributed by atoms with Gasteiger partial charge in [0.1, 0.15) is 17.7 Å². The Balaban J connectivity index is 2.52. The highest BCUT2D eigenvalue weighted by atomic mass is 32.1. The third-order valence-corrected chi connectivity index (χ3v) is 2.30. The number of aromatic nitrogens is 3. The number of rotatable bonds is 1. The molecule has 0 atom stereocenters. The van der Waals surface area contributed by atoms with Crippen molar-refractivity contribution in [2.45, 2.75) is 6.92 Å². The molecule has 2 heterocycles. The first-order valence-electron chi connectivity index (χ1n) is 3.76. The summed E-state index contributed by atoms with van der Waals surface area (Å²) in [6.45, 7) is 2.00. The molecule has 2 N–H and O–H groups in total. The minimum absolute atomic E-state index is 0.563. The summed E-state index contributed by atoms with van der Waals surface area (Å²) in [5, 5.41) is 0. The van der Waals surface area contributed by atoms with E-state index in [-0.39, 0.29) is 0 Å². The SMILES string of the molecule is Cc1cc(-c2ncncc2N)ns1. The molecule has 0 radical (unpaired) electrons. The summed E-state index contributed by atoms with van der Waals surface area (Å²) in [5.41, 5.74) is 7.79. The predicted octanol–water partition coefficient (Wildman–Crippen LogP) is 1.49. The lowest BCUT2D eigenvalue weighted by Gasteiger charge is -1.97. The lowest BCUT2D eigenvalue weighted by Crippen LogP contribution is -1.93. The van der Waals surface area contributed by atoms with E-state index in [0.29, 0.717) is 11.4 Å². The zero-order valence-electron chi connectivity index (χ0n) is 7.06. The standard InChI is InChI=1S/C8H8N4S/c1-5-2-7(12-13-5)8-6(9)3-10-4-11-8/h2-4H,9H2,1H3. The predicted molar refractivity (Wildman–Crippen MR) is 52.3 cm³/mol. The fourth-order valence-corrected chi connectivity index (χ4v) is 1.58. The third-order valence-electron chi connectivity index (χ3n) is 1.61. The molecule has 5 heteroatoms. The van der Waals surface area contributed by atoms with E-state index >= 15 is 0 Å². The summed E-state index contributed by atoms with van der Waals surface area (Å²) in [4.78, 5) is 9.03. The van der Waals surface area contributed by atoms with Crippen LogP contribution in [-0.4, -0.2) is 14.3 Å². The summed E-state index contributed by atoms with van der Waals surface area (Å²) in [6, 6.07) is 1.96. The summed E-state index contributed by atoms with van der Waals surface area (Å²) in [5.74, 6) is 0. The van der Waals surface area contributed by atoms with E-state index in [1.165, 1.54) is 17.9 Å². The van der Waals surface area contributed by atoms with E-state index in [9.17, 15) is 0 Å².